The van der Waals surface area contributed by atoms with Crippen molar-refractivity contribution in [3.8, 4) is 0 Å². The van der Waals surface area contributed by atoms with E-state index in [0.29, 0.717) is 30.5 Å². The number of rotatable bonds is 8. The standard InChI is InChI=1S/C14H24O4S2/c1-3-14(7-6-11(15)16,13(17)18-4-2)10-12-19-8-5-9-20-12/h12H,3-10H2,1-2H3,(H,15,16)/p-1. The van der Waals surface area contributed by atoms with Gasteiger partial charge in [-0.15, -0.1) is 23.5 Å². The van der Waals surface area contributed by atoms with Gasteiger partial charge in [0.25, 0.3) is 0 Å². The minimum Gasteiger partial charge on any atom is -0.550 e. The molecule has 0 bridgehead atoms. The number of esters is 1. The molecule has 0 aromatic carbocycles. The fourth-order valence-electron chi connectivity index (χ4n) is 2.35. The molecule has 0 aromatic rings. The van der Waals surface area contributed by atoms with Crippen LogP contribution in [0.2, 0.25) is 0 Å². The molecular formula is C14H23O4S2-. The lowest BCUT2D eigenvalue weighted by Gasteiger charge is -2.34. The smallest absolute Gasteiger partial charge is 0.312 e. The van der Waals surface area contributed by atoms with E-state index in [-0.39, 0.29) is 12.4 Å². The Kier molecular flexibility index (Phi) is 7.80. The van der Waals surface area contributed by atoms with Gasteiger partial charge >= 0.3 is 5.97 Å². The summed E-state index contributed by atoms with van der Waals surface area (Å²) in [6.07, 6.45) is 2.71. The van der Waals surface area contributed by atoms with Crippen molar-refractivity contribution in [3.05, 3.63) is 0 Å². The third kappa shape index (κ3) is 5.20. The molecule has 116 valence electrons. The van der Waals surface area contributed by atoms with E-state index in [1.807, 2.05) is 30.4 Å². The number of carboxylic acid groups (broad SMARTS) is 1. The summed E-state index contributed by atoms with van der Waals surface area (Å²) in [6, 6.07) is 0. The maximum absolute atomic E-state index is 12.3. The van der Waals surface area contributed by atoms with E-state index in [1.165, 1.54) is 6.42 Å². The van der Waals surface area contributed by atoms with Crippen molar-refractivity contribution in [2.75, 3.05) is 18.1 Å². The van der Waals surface area contributed by atoms with Gasteiger partial charge in [-0.25, -0.2) is 0 Å². The zero-order chi connectivity index (χ0) is 15.0. The summed E-state index contributed by atoms with van der Waals surface area (Å²) in [5, 5.41) is 10.8. The molecule has 0 N–H and O–H groups in total. The summed E-state index contributed by atoms with van der Waals surface area (Å²) in [7, 11) is 0. The largest absolute Gasteiger partial charge is 0.550 e. The maximum atomic E-state index is 12.3. The van der Waals surface area contributed by atoms with Crippen molar-refractivity contribution in [3.63, 3.8) is 0 Å². The van der Waals surface area contributed by atoms with Crippen molar-refractivity contribution >= 4 is 35.5 Å². The number of aliphatic carboxylic acids is 1. The number of hydrogen-bond donors (Lipinski definition) is 0. The van der Waals surface area contributed by atoms with Crippen LogP contribution in [0.25, 0.3) is 0 Å². The van der Waals surface area contributed by atoms with Gasteiger partial charge in [0, 0.05) is 5.97 Å². The summed E-state index contributed by atoms with van der Waals surface area (Å²) >= 11 is 3.73. The Hall–Kier alpha value is -0.360. The molecule has 1 aliphatic heterocycles. The van der Waals surface area contributed by atoms with Crippen LogP contribution in [0, 0.1) is 5.41 Å². The lowest BCUT2D eigenvalue weighted by molar-refractivity contribution is -0.306. The Morgan fingerprint density at radius 1 is 1.30 bits per heavy atom. The highest BCUT2D eigenvalue weighted by molar-refractivity contribution is 8.17. The Balaban J connectivity index is 2.78. The van der Waals surface area contributed by atoms with E-state index >= 15 is 0 Å². The van der Waals surface area contributed by atoms with Gasteiger partial charge in [-0.05, 0) is 50.5 Å². The molecule has 1 atom stereocenters. The summed E-state index contributed by atoms with van der Waals surface area (Å²) in [5.41, 5.74) is -0.682. The highest BCUT2D eigenvalue weighted by atomic mass is 32.2. The summed E-state index contributed by atoms with van der Waals surface area (Å²) < 4.78 is 5.56. The molecule has 0 saturated carbocycles. The van der Waals surface area contributed by atoms with Gasteiger partial charge in [-0.3, -0.25) is 4.79 Å². The van der Waals surface area contributed by atoms with Gasteiger partial charge in [0.15, 0.2) is 0 Å². The van der Waals surface area contributed by atoms with E-state index < -0.39 is 11.4 Å². The number of carboxylic acids is 1. The first kappa shape index (κ1) is 17.7. The minimum atomic E-state index is -1.10. The van der Waals surface area contributed by atoms with E-state index in [4.69, 9.17) is 4.74 Å². The van der Waals surface area contributed by atoms with Gasteiger partial charge in [-0.2, -0.15) is 0 Å². The summed E-state index contributed by atoms with van der Waals surface area (Å²) in [6.45, 7) is 4.04. The molecule has 0 aromatic heterocycles. The minimum absolute atomic E-state index is 0.0886. The second kappa shape index (κ2) is 8.82. The monoisotopic (exact) mass is 319 g/mol. The molecule has 1 saturated heterocycles. The zero-order valence-electron chi connectivity index (χ0n) is 12.2. The molecule has 0 aliphatic carbocycles. The van der Waals surface area contributed by atoms with E-state index in [2.05, 4.69) is 0 Å². The summed E-state index contributed by atoms with van der Waals surface area (Å²) in [5.74, 6) is 0.869. The van der Waals surface area contributed by atoms with Crippen LogP contribution < -0.4 is 5.11 Å². The predicted octanol–water partition coefficient (Wildman–Crippen LogP) is 2.06. The van der Waals surface area contributed by atoms with Gasteiger partial charge in [-0.1, -0.05) is 6.92 Å². The van der Waals surface area contributed by atoms with Crippen LogP contribution in [0.1, 0.15) is 46.0 Å². The third-order valence-corrected chi connectivity index (χ3v) is 6.59. The van der Waals surface area contributed by atoms with E-state index in [9.17, 15) is 14.7 Å². The average Bonchev–Trinajstić information content (AvgIpc) is 2.44. The van der Waals surface area contributed by atoms with Crippen molar-refractivity contribution in [1.29, 1.82) is 0 Å². The van der Waals surface area contributed by atoms with Crippen molar-refractivity contribution in [2.45, 2.75) is 50.5 Å². The SMILES string of the molecule is CCOC(=O)C(CC)(CCC(=O)[O-])CC1SCCCS1. The highest BCUT2D eigenvalue weighted by Gasteiger charge is 2.40. The third-order valence-electron chi connectivity index (χ3n) is 3.65. The van der Waals surface area contributed by atoms with Crippen LogP contribution in [-0.4, -0.2) is 34.6 Å². The first-order chi connectivity index (χ1) is 9.54. The first-order valence-electron chi connectivity index (χ1n) is 7.14. The highest BCUT2D eigenvalue weighted by Crippen LogP contribution is 2.43. The topological polar surface area (TPSA) is 66.4 Å². The second-order valence-electron chi connectivity index (χ2n) is 4.96. The van der Waals surface area contributed by atoms with Crippen LogP contribution in [0.3, 0.4) is 0 Å². The normalized spacial score (nSPS) is 19.3. The fourth-order valence-corrected chi connectivity index (χ4v) is 5.52. The van der Waals surface area contributed by atoms with Gasteiger partial charge < -0.3 is 14.6 Å². The molecule has 1 heterocycles. The quantitative estimate of drug-likeness (QED) is 0.638. The number of ether oxygens (including phenoxy) is 1. The lowest BCUT2D eigenvalue weighted by Crippen LogP contribution is -2.37. The Morgan fingerprint density at radius 3 is 2.45 bits per heavy atom. The van der Waals surface area contributed by atoms with Gasteiger partial charge in [0.1, 0.15) is 0 Å². The molecule has 20 heavy (non-hydrogen) atoms. The van der Waals surface area contributed by atoms with Crippen molar-refractivity contribution < 1.29 is 19.4 Å². The van der Waals surface area contributed by atoms with E-state index in [0.717, 1.165) is 11.5 Å². The zero-order valence-corrected chi connectivity index (χ0v) is 13.8. The summed E-state index contributed by atoms with van der Waals surface area (Å²) in [4.78, 5) is 23.1. The first-order valence-corrected chi connectivity index (χ1v) is 9.24. The van der Waals surface area contributed by atoms with Gasteiger partial charge in [0.2, 0.25) is 0 Å². The molecule has 4 nitrogen and oxygen atoms in total. The van der Waals surface area contributed by atoms with Crippen LogP contribution in [0.5, 0.6) is 0 Å². The molecule has 0 radical (unpaired) electrons. The van der Waals surface area contributed by atoms with Crippen LogP contribution in [0.4, 0.5) is 0 Å². The Labute approximate surface area is 129 Å². The fraction of sp³-hybridized carbons (Fsp3) is 0.857. The van der Waals surface area contributed by atoms with Crippen molar-refractivity contribution in [1.82, 2.24) is 0 Å². The number of carbonyl (C=O) groups is 2. The molecule has 1 aliphatic rings. The Bertz CT molecular complexity index is 329. The Morgan fingerprint density at radius 2 is 1.95 bits per heavy atom. The number of hydrogen-bond acceptors (Lipinski definition) is 6. The van der Waals surface area contributed by atoms with Crippen LogP contribution in [-0.2, 0) is 14.3 Å². The molecule has 1 rings (SSSR count). The predicted molar refractivity (Wildman–Crippen MR) is 81.5 cm³/mol. The molecule has 6 heteroatoms. The second-order valence-corrected chi connectivity index (χ2v) is 7.87. The average molecular weight is 319 g/mol. The number of thioether (sulfide) groups is 2. The lowest BCUT2D eigenvalue weighted by atomic mass is 9.78. The molecule has 0 amide bonds. The molecule has 1 unspecified atom stereocenters. The molecule has 0 spiro atoms. The molecular weight excluding hydrogens is 296 g/mol. The maximum Gasteiger partial charge on any atom is 0.312 e. The van der Waals surface area contributed by atoms with Crippen LogP contribution in [0.15, 0.2) is 0 Å². The number of carbonyl (C=O) groups excluding carboxylic acids is 2. The van der Waals surface area contributed by atoms with Gasteiger partial charge in [0.05, 0.1) is 16.6 Å². The van der Waals surface area contributed by atoms with E-state index in [1.54, 1.807) is 6.92 Å². The van der Waals surface area contributed by atoms with Crippen molar-refractivity contribution in [2.24, 2.45) is 5.41 Å². The molecule has 1 fully saturated rings. The van der Waals surface area contributed by atoms with Crippen LogP contribution >= 0.6 is 23.5 Å².